The first-order valence-electron chi connectivity index (χ1n) is 10.1. The van der Waals surface area contributed by atoms with Crippen LogP contribution in [0.2, 0.25) is 0 Å². The van der Waals surface area contributed by atoms with Crippen LogP contribution in [0.25, 0.3) is 0 Å². The Labute approximate surface area is 167 Å². The van der Waals surface area contributed by atoms with E-state index in [-0.39, 0.29) is 17.9 Å². The summed E-state index contributed by atoms with van der Waals surface area (Å²) in [6, 6.07) is 7.60. The second-order valence-corrected chi connectivity index (χ2v) is 7.38. The molecule has 2 aliphatic rings. The van der Waals surface area contributed by atoms with Gasteiger partial charge in [-0.25, -0.2) is 0 Å². The number of likely N-dealkylation sites (tertiary alicyclic amines) is 1. The molecule has 1 atom stereocenters. The van der Waals surface area contributed by atoms with Gasteiger partial charge in [0.2, 0.25) is 11.8 Å². The molecule has 2 fully saturated rings. The van der Waals surface area contributed by atoms with Crippen molar-refractivity contribution in [2.45, 2.75) is 25.3 Å². The summed E-state index contributed by atoms with van der Waals surface area (Å²) in [5, 5.41) is 0. The molecule has 0 unspecified atom stereocenters. The molecule has 0 aliphatic carbocycles. The third-order valence-corrected chi connectivity index (χ3v) is 5.69. The van der Waals surface area contributed by atoms with E-state index >= 15 is 0 Å². The van der Waals surface area contributed by atoms with Gasteiger partial charge in [0.15, 0.2) is 0 Å². The lowest BCUT2D eigenvalue weighted by molar-refractivity contribution is -0.132. The van der Waals surface area contributed by atoms with Crippen LogP contribution in [0.5, 0.6) is 5.75 Å². The standard InChI is InChI=1S/C21H31N3O4/c1-27-15-14-24-11-8-18(21(24)26)22-9-5-10-23(13-12-22)20(25)16-17-6-3-4-7-19(17)28-2/h3-4,6-7,18H,5,8-16H2,1-2H3/t18-/m0/s1. The summed E-state index contributed by atoms with van der Waals surface area (Å²) in [5.74, 6) is 1.07. The summed E-state index contributed by atoms with van der Waals surface area (Å²) in [4.78, 5) is 31.6. The number of hydrogen-bond acceptors (Lipinski definition) is 5. The maximum atomic E-state index is 12.8. The fraction of sp³-hybridized carbons (Fsp3) is 0.619. The van der Waals surface area contributed by atoms with Gasteiger partial charge in [-0.2, -0.15) is 0 Å². The molecule has 0 bridgehead atoms. The minimum Gasteiger partial charge on any atom is -0.496 e. The first kappa shape index (κ1) is 20.6. The maximum absolute atomic E-state index is 12.8. The van der Waals surface area contributed by atoms with Gasteiger partial charge in [0.05, 0.1) is 26.2 Å². The van der Waals surface area contributed by atoms with Gasteiger partial charge in [-0.15, -0.1) is 0 Å². The number of carbonyl (C=O) groups is 2. The maximum Gasteiger partial charge on any atom is 0.240 e. The third-order valence-electron chi connectivity index (χ3n) is 5.69. The fourth-order valence-electron chi connectivity index (χ4n) is 4.11. The second-order valence-electron chi connectivity index (χ2n) is 7.38. The number of para-hydroxylation sites is 1. The molecule has 7 nitrogen and oxygen atoms in total. The number of benzene rings is 1. The number of ether oxygens (including phenoxy) is 2. The molecule has 7 heteroatoms. The Hall–Kier alpha value is -2.12. The molecule has 0 saturated carbocycles. The average molecular weight is 389 g/mol. The van der Waals surface area contributed by atoms with Crippen LogP contribution >= 0.6 is 0 Å². The van der Waals surface area contributed by atoms with Crippen molar-refractivity contribution in [2.24, 2.45) is 0 Å². The van der Waals surface area contributed by atoms with Crippen molar-refractivity contribution in [3.8, 4) is 5.75 Å². The fourth-order valence-corrected chi connectivity index (χ4v) is 4.11. The summed E-state index contributed by atoms with van der Waals surface area (Å²) in [5.41, 5.74) is 0.913. The van der Waals surface area contributed by atoms with Crippen molar-refractivity contribution >= 4 is 11.8 Å². The van der Waals surface area contributed by atoms with Crippen LogP contribution in [0.3, 0.4) is 0 Å². The summed E-state index contributed by atoms with van der Waals surface area (Å²) in [7, 11) is 3.28. The normalized spacial score (nSPS) is 21.1. The van der Waals surface area contributed by atoms with Gasteiger partial charge in [0.25, 0.3) is 0 Å². The highest BCUT2D eigenvalue weighted by Gasteiger charge is 2.36. The molecule has 2 aliphatic heterocycles. The van der Waals surface area contributed by atoms with E-state index in [4.69, 9.17) is 9.47 Å². The number of rotatable bonds is 7. The van der Waals surface area contributed by atoms with Gasteiger partial charge in [0, 0.05) is 51.9 Å². The Balaban J connectivity index is 1.55. The lowest BCUT2D eigenvalue weighted by atomic mass is 10.1. The number of methoxy groups -OCH3 is 2. The van der Waals surface area contributed by atoms with Crippen LogP contribution < -0.4 is 4.74 Å². The molecule has 0 spiro atoms. The predicted molar refractivity (Wildman–Crippen MR) is 106 cm³/mol. The molecular weight excluding hydrogens is 358 g/mol. The molecule has 0 radical (unpaired) electrons. The molecule has 0 N–H and O–H groups in total. The number of carbonyl (C=O) groups excluding carboxylic acids is 2. The zero-order valence-electron chi connectivity index (χ0n) is 16.9. The minimum absolute atomic E-state index is 0.0545. The van der Waals surface area contributed by atoms with Crippen molar-refractivity contribution in [3.05, 3.63) is 29.8 Å². The molecule has 1 aromatic rings. The molecule has 28 heavy (non-hydrogen) atoms. The van der Waals surface area contributed by atoms with Gasteiger partial charge in [-0.1, -0.05) is 18.2 Å². The molecule has 2 heterocycles. The van der Waals surface area contributed by atoms with Crippen LogP contribution in [0.15, 0.2) is 24.3 Å². The minimum atomic E-state index is -0.0545. The van der Waals surface area contributed by atoms with Gasteiger partial charge < -0.3 is 19.3 Å². The van der Waals surface area contributed by atoms with Gasteiger partial charge in [-0.3, -0.25) is 14.5 Å². The Morgan fingerprint density at radius 3 is 2.71 bits per heavy atom. The Bertz CT molecular complexity index is 681. The van der Waals surface area contributed by atoms with Crippen molar-refractivity contribution in [1.29, 1.82) is 0 Å². The highest BCUT2D eigenvalue weighted by molar-refractivity contribution is 5.84. The molecule has 3 rings (SSSR count). The number of amides is 2. The van der Waals surface area contributed by atoms with Crippen LogP contribution in [0, 0.1) is 0 Å². The van der Waals surface area contributed by atoms with E-state index < -0.39 is 0 Å². The van der Waals surface area contributed by atoms with Gasteiger partial charge in [-0.05, 0) is 18.9 Å². The molecular formula is C21H31N3O4. The Morgan fingerprint density at radius 1 is 1.11 bits per heavy atom. The highest BCUT2D eigenvalue weighted by atomic mass is 16.5. The molecule has 2 saturated heterocycles. The second kappa shape index (κ2) is 9.89. The zero-order valence-corrected chi connectivity index (χ0v) is 16.9. The summed E-state index contributed by atoms with van der Waals surface area (Å²) in [6.07, 6.45) is 2.09. The van der Waals surface area contributed by atoms with E-state index in [1.54, 1.807) is 14.2 Å². The summed E-state index contributed by atoms with van der Waals surface area (Å²) < 4.78 is 10.5. The van der Waals surface area contributed by atoms with E-state index in [9.17, 15) is 9.59 Å². The summed E-state index contributed by atoms with van der Waals surface area (Å²) in [6.45, 7) is 5.01. The van der Waals surface area contributed by atoms with Gasteiger partial charge >= 0.3 is 0 Å². The van der Waals surface area contributed by atoms with Crippen LogP contribution in [0.1, 0.15) is 18.4 Å². The molecule has 1 aromatic carbocycles. The lowest BCUT2D eigenvalue weighted by Gasteiger charge is -2.26. The largest absolute Gasteiger partial charge is 0.496 e. The monoisotopic (exact) mass is 389 g/mol. The number of hydrogen-bond donors (Lipinski definition) is 0. The predicted octanol–water partition coefficient (Wildman–Crippen LogP) is 1.02. The zero-order chi connectivity index (χ0) is 19.9. The van der Waals surface area contributed by atoms with Crippen LogP contribution in [0.4, 0.5) is 0 Å². The third kappa shape index (κ3) is 4.83. The first-order chi connectivity index (χ1) is 13.6. The van der Waals surface area contributed by atoms with E-state index in [1.807, 2.05) is 34.1 Å². The van der Waals surface area contributed by atoms with Crippen molar-refractivity contribution in [1.82, 2.24) is 14.7 Å². The SMILES string of the molecule is COCCN1CC[C@H](N2CCCN(C(=O)Cc3ccccc3OC)CC2)C1=O. The van der Waals surface area contributed by atoms with E-state index in [1.165, 1.54) is 0 Å². The summed E-state index contributed by atoms with van der Waals surface area (Å²) >= 11 is 0. The van der Waals surface area contributed by atoms with Crippen molar-refractivity contribution < 1.29 is 19.1 Å². The first-order valence-corrected chi connectivity index (χ1v) is 10.1. The van der Waals surface area contributed by atoms with E-state index in [0.717, 1.165) is 50.3 Å². The van der Waals surface area contributed by atoms with E-state index in [0.29, 0.717) is 26.1 Å². The quantitative estimate of drug-likeness (QED) is 0.697. The number of nitrogens with zero attached hydrogens (tertiary/aromatic N) is 3. The lowest BCUT2D eigenvalue weighted by Crippen LogP contribution is -2.44. The molecule has 2 amide bonds. The smallest absolute Gasteiger partial charge is 0.240 e. The molecule has 0 aromatic heterocycles. The highest BCUT2D eigenvalue weighted by Crippen LogP contribution is 2.21. The topological polar surface area (TPSA) is 62.3 Å². The Kier molecular flexibility index (Phi) is 7.28. The molecule has 154 valence electrons. The van der Waals surface area contributed by atoms with Crippen LogP contribution in [-0.2, 0) is 20.7 Å². The van der Waals surface area contributed by atoms with Crippen molar-refractivity contribution in [3.63, 3.8) is 0 Å². The van der Waals surface area contributed by atoms with Crippen LogP contribution in [-0.4, -0.2) is 92.7 Å². The van der Waals surface area contributed by atoms with E-state index in [2.05, 4.69) is 4.90 Å². The van der Waals surface area contributed by atoms with Gasteiger partial charge in [0.1, 0.15) is 5.75 Å². The Morgan fingerprint density at radius 2 is 1.93 bits per heavy atom. The average Bonchev–Trinajstić information content (AvgIpc) is 2.92. The van der Waals surface area contributed by atoms with Crippen molar-refractivity contribution in [2.75, 3.05) is 60.1 Å².